The third-order valence-electron chi connectivity index (χ3n) is 6.59. The van der Waals surface area contributed by atoms with Crippen molar-refractivity contribution in [2.45, 2.75) is 37.8 Å². The number of hydrogen-bond acceptors (Lipinski definition) is 5. The van der Waals surface area contributed by atoms with Gasteiger partial charge in [-0.2, -0.15) is 9.61 Å². The van der Waals surface area contributed by atoms with Crippen LogP contribution in [0.5, 0.6) is 0 Å². The van der Waals surface area contributed by atoms with Crippen LogP contribution in [-0.2, 0) is 23.1 Å². The van der Waals surface area contributed by atoms with Gasteiger partial charge in [-0.05, 0) is 46.3 Å². The van der Waals surface area contributed by atoms with E-state index in [0.29, 0.717) is 17.5 Å². The van der Waals surface area contributed by atoms with Crippen molar-refractivity contribution in [1.29, 1.82) is 0 Å². The highest BCUT2D eigenvalue weighted by molar-refractivity contribution is 7.89. The first-order chi connectivity index (χ1) is 18.7. The van der Waals surface area contributed by atoms with Crippen LogP contribution >= 0.6 is 11.6 Å². The van der Waals surface area contributed by atoms with Gasteiger partial charge in [0.2, 0.25) is 10.0 Å². The second-order valence-electron chi connectivity index (χ2n) is 9.79. The zero-order chi connectivity index (χ0) is 27.6. The fraction of sp³-hybridized carbons (Fsp3) is 0.172. The molecule has 0 bridgehead atoms. The van der Waals surface area contributed by atoms with Gasteiger partial charge in [0, 0.05) is 35.9 Å². The standard InChI is InChI=1S/C29H29BClN5O2S/c1-19(2)22-10-12-23(13-11-22)39(37,38)34-17-21-7-5-6-20(14-21)16-32-28-15-27(24-8-3-4-9-26(24)31)35-29-25(30)18-33-36(28)29/h3-15,18-19,32,34H,16-17,30H2,1-2H3. The van der Waals surface area contributed by atoms with Crippen molar-refractivity contribution in [1.82, 2.24) is 19.3 Å². The number of anilines is 1. The lowest BCUT2D eigenvalue weighted by Crippen LogP contribution is -2.23. The van der Waals surface area contributed by atoms with Crippen LogP contribution in [0.1, 0.15) is 36.5 Å². The summed E-state index contributed by atoms with van der Waals surface area (Å²) in [4.78, 5) is 5.05. The van der Waals surface area contributed by atoms with Gasteiger partial charge in [-0.1, -0.05) is 80.0 Å². The highest BCUT2D eigenvalue weighted by Crippen LogP contribution is 2.28. The van der Waals surface area contributed by atoms with Gasteiger partial charge in [-0.25, -0.2) is 18.1 Å². The molecule has 0 unspecified atom stereocenters. The molecule has 0 radical (unpaired) electrons. The van der Waals surface area contributed by atoms with E-state index in [1.165, 1.54) is 0 Å². The molecule has 0 saturated carbocycles. The summed E-state index contributed by atoms with van der Waals surface area (Å²) >= 11 is 6.45. The molecule has 198 valence electrons. The van der Waals surface area contributed by atoms with E-state index in [0.717, 1.165) is 44.9 Å². The van der Waals surface area contributed by atoms with Gasteiger partial charge in [-0.15, -0.1) is 0 Å². The minimum absolute atomic E-state index is 0.191. The van der Waals surface area contributed by atoms with Crippen molar-refractivity contribution in [2.75, 3.05) is 5.32 Å². The molecule has 0 aliphatic carbocycles. The van der Waals surface area contributed by atoms with Crippen LogP contribution < -0.4 is 15.5 Å². The fourth-order valence-corrected chi connectivity index (χ4v) is 5.59. The number of sulfonamides is 1. The first kappa shape index (κ1) is 26.9. The van der Waals surface area contributed by atoms with E-state index < -0.39 is 10.0 Å². The minimum atomic E-state index is -3.62. The Morgan fingerprint density at radius 2 is 1.67 bits per heavy atom. The van der Waals surface area contributed by atoms with Gasteiger partial charge in [0.25, 0.3) is 0 Å². The maximum absolute atomic E-state index is 12.8. The van der Waals surface area contributed by atoms with E-state index in [4.69, 9.17) is 16.6 Å². The van der Waals surface area contributed by atoms with Gasteiger partial charge < -0.3 is 5.32 Å². The van der Waals surface area contributed by atoms with Crippen LogP contribution in [0.25, 0.3) is 16.9 Å². The molecule has 10 heteroatoms. The quantitative estimate of drug-likeness (QED) is 0.260. The van der Waals surface area contributed by atoms with Gasteiger partial charge in [0.1, 0.15) is 13.7 Å². The Labute approximate surface area is 234 Å². The number of nitrogens with one attached hydrogen (secondary N) is 2. The van der Waals surface area contributed by atoms with Crippen LogP contribution in [0.15, 0.2) is 90.0 Å². The molecule has 0 aliphatic heterocycles. The molecule has 0 saturated heterocycles. The summed E-state index contributed by atoms with van der Waals surface area (Å²) in [6, 6.07) is 24.4. The lowest BCUT2D eigenvalue weighted by molar-refractivity contribution is 0.581. The number of benzene rings is 3. The molecular formula is C29H29BClN5O2S. The van der Waals surface area contributed by atoms with Gasteiger partial charge in [-0.3, -0.25) is 0 Å². The molecule has 2 heterocycles. The molecule has 0 aliphatic rings. The molecule has 0 amide bonds. The minimum Gasteiger partial charge on any atom is -0.366 e. The van der Waals surface area contributed by atoms with Gasteiger partial charge in [0.15, 0.2) is 5.65 Å². The van der Waals surface area contributed by atoms with Crippen LogP contribution in [0.4, 0.5) is 5.82 Å². The van der Waals surface area contributed by atoms with E-state index in [1.54, 1.807) is 22.8 Å². The maximum atomic E-state index is 12.8. The Morgan fingerprint density at radius 1 is 0.949 bits per heavy atom. The average Bonchev–Trinajstić information content (AvgIpc) is 3.31. The molecule has 5 aromatic rings. The van der Waals surface area contributed by atoms with Gasteiger partial charge in [0.05, 0.1) is 10.6 Å². The first-order valence-electron chi connectivity index (χ1n) is 12.7. The molecule has 3 aromatic carbocycles. The molecule has 0 fully saturated rings. The Morgan fingerprint density at radius 3 is 2.38 bits per heavy atom. The third kappa shape index (κ3) is 6.01. The maximum Gasteiger partial charge on any atom is 0.240 e. The molecule has 2 aromatic heterocycles. The number of rotatable bonds is 9. The number of aromatic nitrogens is 3. The number of hydrogen-bond donors (Lipinski definition) is 2. The summed E-state index contributed by atoms with van der Waals surface area (Å²) < 4.78 is 30.2. The predicted molar refractivity (Wildman–Crippen MR) is 160 cm³/mol. The van der Waals surface area contributed by atoms with Crippen LogP contribution in [0, 0.1) is 0 Å². The fourth-order valence-electron chi connectivity index (χ4n) is 4.34. The summed E-state index contributed by atoms with van der Waals surface area (Å²) in [7, 11) is -1.65. The molecular weight excluding hydrogens is 529 g/mol. The van der Waals surface area contributed by atoms with Crippen LogP contribution in [0.2, 0.25) is 5.02 Å². The van der Waals surface area contributed by atoms with Crippen molar-refractivity contribution in [3.63, 3.8) is 0 Å². The molecule has 5 rings (SSSR count). The van der Waals surface area contributed by atoms with Crippen molar-refractivity contribution < 1.29 is 8.42 Å². The Balaban J connectivity index is 1.32. The second-order valence-corrected chi connectivity index (χ2v) is 12.0. The zero-order valence-corrected chi connectivity index (χ0v) is 23.6. The number of halogens is 1. The number of nitrogens with zero attached hydrogens (tertiary/aromatic N) is 3. The zero-order valence-electron chi connectivity index (χ0n) is 22.0. The monoisotopic (exact) mass is 557 g/mol. The predicted octanol–water partition coefficient (Wildman–Crippen LogP) is 4.52. The largest absolute Gasteiger partial charge is 0.366 e. The van der Waals surface area contributed by atoms with E-state index in [2.05, 4.69) is 29.0 Å². The first-order valence-corrected chi connectivity index (χ1v) is 14.6. The summed E-state index contributed by atoms with van der Waals surface area (Å²) in [5.74, 6) is 1.12. The lowest BCUT2D eigenvalue weighted by atomic mass is 10.0. The Bertz CT molecular complexity index is 1740. The molecule has 0 atom stereocenters. The van der Waals surface area contributed by atoms with Crippen LogP contribution in [0.3, 0.4) is 0 Å². The SMILES string of the molecule is Bc1cnn2c(NCc3cccc(CNS(=O)(=O)c4ccc(C(C)C)cc4)c3)cc(-c3ccccc3Cl)nc12. The molecule has 39 heavy (non-hydrogen) atoms. The van der Waals surface area contributed by atoms with E-state index in [1.807, 2.05) is 74.6 Å². The summed E-state index contributed by atoms with van der Waals surface area (Å²) in [5.41, 5.74) is 6.27. The third-order valence-corrected chi connectivity index (χ3v) is 8.33. The summed E-state index contributed by atoms with van der Waals surface area (Å²) in [6.45, 7) is 4.86. The van der Waals surface area contributed by atoms with E-state index in [9.17, 15) is 8.42 Å². The number of fused-ring (bicyclic) bond motifs is 1. The summed E-state index contributed by atoms with van der Waals surface area (Å²) in [6.07, 6.45) is 1.78. The highest BCUT2D eigenvalue weighted by atomic mass is 35.5. The van der Waals surface area contributed by atoms with Crippen molar-refractivity contribution >= 4 is 46.4 Å². The van der Waals surface area contributed by atoms with Crippen molar-refractivity contribution in [3.05, 3.63) is 107 Å². The van der Waals surface area contributed by atoms with E-state index in [-0.39, 0.29) is 11.4 Å². The van der Waals surface area contributed by atoms with Crippen molar-refractivity contribution in [3.8, 4) is 11.3 Å². The van der Waals surface area contributed by atoms with Crippen molar-refractivity contribution in [2.24, 2.45) is 0 Å². The Hall–Kier alpha value is -3.66. The molecule has 2 N–H and O–H groups in total. The second kappa shape index (κ2) is 11.2. The van der Waals surface area contributed by atoms with Gasteiger partial charge >= 0.3 is 0 Å². The summed E-state index contributed by atoms with van der Waals surface area (Å²) in [5, 5.41) is 8.58. The Kier molecular flexibility index (Phi) is 7.75. The molecule has 7 nitrogen and oxygen atoms in total. The lowest BCUT2D eigenvalue weighted by Gasteiger charge is -2.13. The average molecular weight is 558 g/mol. The van der Waals surface area contributed by atoms with Crippen LogP contribution in [-0.4, -0.2) is 30.9 Å². The molecule has 0 spiro atoms. The topological polar surface area (TPSA) is 88.4 Å². The normalized spacial score (nSPS) is 11.8. The smallest absolute Gasteiger partial charge is 0.240 e. The highest BCUT2D eigenvalue weighted by Gasteiger charge is 2.15. The van der Waals surface area contributed by atoms with E-state index >= 15 is 0 Å².